The Kier molecular flexibility index (Phi) is 1.51. The van der Waals surface area contributed by atoms with E-state index in [1.165, 1.54) is 0 Å². The van der Waals surface area contributed by atoms with Crippen LogP contribution in [0.15, 0.2) is 0 Å². The number of hydrogen-bond donors (Lipinski definition) is 0. The van der Waals surface area contributed by atoms with Crippen molar-refractivity contribution in [2.24, 2.45) is 0 Å². The van der Waals surface area contributed by atoms with E-state index in [9.17, 15) is 4.79 Å². The first-order chi connectivity index (χ1) is 3.80. The van der Waals surface area contributed by atoms with E-state index in [0.717, 1.165) is 19.4 Å². The fraction of sp³-hybridized carbons (Fsp3) is 0.667. The van der Waals surface area contributed by atoms with Crippen molar-refractivity contribution in [1.29, 1.82) is 0 Å². The van der Waals surface area contributed by atoms with Gasteiger partial charge in [-0.2, -0.15) is 0 Å². The van der Waals surface area contributed by atoms with Crippen molar-refractivity contribution in [3.63, 3.8) is 0 Å². The third-order valence-electron chi connectivity index (χ3n) is 1.36. The molecule has 1 amide bonds. The Balaban J connectivity index is 2.35. The maximum atomic E-state index is 10.5. The minimum absolute atomic E-state index is 0.169. The zero-order chi connectivity index (χ0) is 5.98. The average Bonchev–Trinajstić information content (AvgIpc) is 2.12. The maximum Gasteiger partial charge on any atom is 0.219 e. The predicted molar refractivity (Wildman–Crippen MR) is 30.9 cm³/mol. The lowest BCUT2D eigenvalue weighted by atomic mass is 10.4. The molecule has 1 aliphatic heterocycles. The second kappa shape index (κ2) is 2.16. The van der Waals surface area contributed by atoms with E-state index in [0.29, 0.717) is 0 Å². The van der Waals surface area contributed by atoms with Gasteiger partial charge >= 0.3 is 0 Å². The van der Waals surface area contributed by atoms with Crippen LogP contribution in [0.2, 0.25) is 0 Å². The van der Waals surface area contributed by atoms with Crippen LogP contribution in [0.1, 0.15) is 19.8 Å². The number of hydrogen-bond acceptors (Lipinski definition) is 1. The molecule has 1 fully saturated rings. The summed E-state index contributed by atoms with van der Waals surface area (Å²) in [4.78, 5) is 12.3. The maximum absolute atomic E-state index is 10.5. The molecule has 2 nitrogen and oxygen atoms in total. The Bertz CT molecular complexity index is 94.7. The summed E-state index contributed by atoms with van der Waals surface area (Å²) >= 11 is 0. The number of likely N-dealkylation sites (tertiary alicyclic amines) is 1. The fourth-order valence-corrected chi connectivity index (χ4v) is 0.886. The number of nitrogens with zero attached hydrogens (tertiary/aromatic N) is 1. The molecule has 1 saturated heterocycles. The minimum atomic E-state index is 0.169. The molecule has 8 heavy (non-hydrogen) atoms. The Hall–Kier alpha value is -0.530. The summed E-state index contributed by atoms with van der Waals surface area (Å²) in [5, 5.41) is 0. The van der Waals surface area contributed by atoms with Gasteiger partial charge in [0.2, 0.25) is 5.91 Å². The Morgan fingerprint density at radius 1 is 1.75 bits per heavy atom. The van der Waals surface area contributed by atoms with Gasteiger partial charge in [-0.05, 0) is 12.8 Å². The van der Waals surface area contributed by atoms with Crippen molar-refractivity contribution >= 4 is 5.91 Å². The fourth-order valence-electron chi connectivity index (χ4n) is 0.886. The topological polar surface area (TPSA) is 20.3 Å². The number of carbonyl (C=O) groups excluding carboxylic acids is 1. The van der Waals surface area contributed by atoms with Crippen LogP contribution in [0.5, 0.6) is 0 Å². The summed E-state index contributed by atoms with van der Waals surface area (Å²) in [6.45, 7) is 4.49. The second-order valence-corrected chi connectivity index (χ2v) is 2.04. The highest BCUT2D eigenvalue weighted by molar-refractivity contribution is 5.74. The summed E-state index contributed by atoms with van der Waals surface area (Å²) in [7, 11) is 0. The van der Waals surface area contributed by atoms with Crippen LogP contribution in [0, 0.1) is 6.54 Å². The van der Waals surface area contributed by atoms with Crippen molar-refractivity contribution < 1.29 is 4.79 Å². The molecule has 0 unspecified atom stereocenters. The van der Waals surface area contributed by atoms with Gasteiger partial charge in [0.15, 0.2) is 0 Å². The van der Waals surface area contributed by atoms with Gasteiger partial charge in [-0.25, -0.2) is 0 Å². The van der Waals surface area contributed by atoms with Gasteiger partial charge < -0.3 is 4.90 Å². The molecule has 0 aromatic heterocycles. The van der Waals surface area contributed by atoms with Crippen LogP contribution in [0.3, 0.4) is 0 Å². The SMILES string of the molecule is CC(=O)N1[CH]CCC1. The molecule has 0 atom stereocenters. The van der Waals surface area contributed by atoms with Crippen molar-refractivity contribution in [1.82, 2.24) is 4.90 Å². The highest BCUT2D eigenvalue weighted by Crippen LogP contribution is 2.10. The van der Waals surface area contributed by atoms with Crippen molar-refractivity contribution in [3.05, 3.63) is 6.54 Å². The zero-order valence-corrected chi connectivity index (χ0v) is 5.05. The molecular weight excluding hydrogens is 102 g/mol. The van der Waals surface area contributed by atoms with Gasteiger partial charge in [0.1, 0.15) is 0 Å². The first-order valence-corrected chi connectivity index (χ1v) is 2.91. The number of amides is 1. The van der Waals surface area contributed by atoms with Gasteiger partial charge in [0.25, 0.3) is 0 Å². The highest BCUT2D eigenvalue weighted by atomic mass is 16.2. The first kappa shape index (κ1) is 5.60. The normalized spacial score (nSPS) is 19.4. The van der Waals surface area contributed by atoms with E-state index in [-0.39, 0.29) is 5.91 Å². The molecule has 0 saturated carbocycles. The molecule has 0 bridgehead atoms. The van der Waals surface area contributed by atoms with Crippen molar-refractivity contribution in [2.75, 3.05) is 6.54 Å². The zero-order valence-electron chi connectivity index (χ0n) is 5.05. The van der Waals surface area contributed by atoms with E-state index >= 15 is 0 Å². The van der Waals surface area contributed by atoms with E-state index in [1.54, 1.807) is 11.8 Å². The molecule has 0 aromatic carbocycles. The predicted octanol–water partition coefficient (Wildman–Crippen LogP) is 0.790. The molecule has 1 heterocycles. The van der Waals surface area contributed by atoms with Crippen LogP contribution in [0.4, 0.5) is 0 Å². The highest BCUT2D eigenvalue weighted by Gasteiger charge is 2.13. The van der Waals surface area contributed by atoms with Crippen LogP contribution >= 0.6 is 0 Å². The van der Waals surface area contributed by atoms with Gasteiger partial charge in [0, 0.05) is 13.5 Å². The molecule has 2 heteroatoms. The average molecular weight is 112 g/mol. The molecule has 0 N–H and O–H groups in total. The molecule has 1 aliphatic rings. The summed E-state index contributed by atoms with van der Waals surface area (Å²) < 4.78 is 0. The third kappa shape index (κ3) is 0.997. The van der Waals surface area contributed by atoms with Crippen molar-refractivity contribution in [2.45, 2.75) is 19.8 Å². The molecule has 0 spiro atoms. The molecule has 0 aromatic rings. The monoisotopic (exact) mass is 112 g/mol. The number of rotatable bonds is 0. The lowest BCUT2D eigenvalue weighted by Crippen LogP contribution is -2.20. The lowest BCUT2D eigenvalue weighted by molar-refractivity contribution is -0.126. The van der Waals surface area contributed by atoms with Crippen LogP contribution in [-0.2, 0) is 4.79 Å². The smallest absolute Gasteiger partial charge is 0.219 e. The summed E-state index contributed by atoms with van der Waals surface area (Å²) in [5.41, 5.74) is 0. The summed E-state index contributed by atoms with van der Waals surface area (Å²) in [5.74, 6) is 0.169. The van der Waals surface area contributed by atoms with Crippen LogP contribution < -0.4 is 0 Å². The van der Waals surface area contributed by atoms with Gasteiger partial charge in [-0.1, -0.05) is 0 Å². The largest absolute Gasteiger partial charge is 0.338 e. The molecule has 45 valence electrons. The molecule has 1 rings (SSSR count). The molecule has 0 aliphatic carbocycles. The van der Waals surface area contributed by atoms with Crippen molar-refractivity contribution in [3.8, 4) is 0 Å². The van der Waals surface area contributed by atoms with E-state index in [4.69, 9.17) is 0 Å². The van der Waals surface area contributed by atoms with Crippen LogP contribution in [-0.4, -0.2) is 17.4 Å². The van der Waals surface area contributed by atoms with Gasteiger partial charge in [0.05, 0.1) is 6.54 Å². The quantitative estimate of drug-likeness (QED) is 0.453. The summed E-state index contributed by atoms with van der Waals surface area (Å²) in [6.07, 6.45) is 2.21. The van der Waals surface area contributed by atoms with Gasteiger partial charge in [-0.3, -0.25) is 4.79 Å². The molecular formula is C6H10NO. The second-order valence-electron chi connectivity index (χ2n) is 2.04. The van der Waals surface area contributed by atoms with E-state index < -0.39 is 0 Å². The Morgan fingerprint density at radius 2 is 2.50 bits per heavy atom. The Labute approximate surface area is 49.5 Å². The standard InChI is InChI=1S/C6H10NO/c1-6(8)7-4-2-3-5-7/h4H,2-3,5H2,1H3. The lowest BCUT2D eigenvalue weighted by Gasteiger charge is -2.09. The molecule has 1 radical (unpaired) electrons. The minimum Gasteiger partial charge on any atom is -0.338 e. The third-order valence-corrected chi connectivity index (χ3v) is 1.36. The summed E-state index contributed by atoms with van der Waals surface area (Å²) in [6, 6.07) is 0. The Morgan fingerprint density at radius 3 is 2.75 bits per heavy atom. The van der Waals surface area contributed by atoms with E-state index in [2.05, 4.69) is 0 Å². The van der Waals surface area contributed by atoms with Crippen LogP contribution in [0.25, 0.3) is 0 Å². The number of carbonyl (C=O) groups is 1. The van der Waals surface area contributed by atoms with Gasteiger partial charge in [-0.15, -0.1) is 0 Å². The van der Waals surface area contributed by atoms with E-state index in [1.807, 2.05) is 6.54 Å². The first-order valence-electron chi connectivity index (χ1n) is 2.91.